The molecule has 0 spiro atoms. The maximum Gasteiger partial charge on any atom is 0.234 e. The molecule has 4 nitrogen and oxygen atoms in total. The molecular weight excluding hydrogens is 298 g/mol. The van der Waals surface area contributed by atoms with E-state index in [1.54, 1.807) is 0 Å². The Morgan fingerprint density at radius 1 is 1.27 bits per heavy atom. The van der Waals surface area contributed by atoms with Crippen LogP contribution in [0.1, 0.15) is 31.9 Å². The standard InChI is InChI=1S/C17H26ClN3O/c1-3-7-20-8-10-21(11-9-20)13-17(22)19-14(2)15-5-4-6-16(18)12-15/h4-6,12,14H,3,7-11,13H2,1-2H3,(H,19,22)/t14-/m0/s1. The van der Waals surface area contributed by atoms with Gasteiger partial charge in [-0.3, -0.25) is 9.69 Å². The first-order valence-corrected chi connectivity index (χ1v) is 8.46. The summed E-state index contributed by atoms with van der Waals surface area (Å²) in [5, 5.41) is 3.75. The lowest BCUT2D eigenvalue weighted by molar-refractivity contribution is -0.123. The van der Waals surface area contributed by atoms with E-state index < -0.39 is 0 Å². The second-order valence-electron chi connectivity index (χ2n) is 5.96. The lowest BCUT2D eigenvalue weighted by Crippen LogP contribution is -2.49. The van der Waals surface area contributed by atoms with Crippen molar-refractivity contribution in [3.8, 4) is 0 Å². The van der Waals surface area contributed by atoms with Gasteiger partial charge in [-0.25, -0.2) is 0 Å². The first-order valence-electron chi connectivity index (χ1n) is 8.08. The third kappa shape index (κ3) is 5.27. The largest absolute Gasteiger partial charge is 0.348 e. The average molecular weight is 324 g/mol. The molecule has 5 heteroatoms. The highest BCUT2D eigenvalue weighted by Crippen LogP contribution is 2.17. The van der Waals surface area contributed by atoms with Gasteiger partial charge in [0.05, 0.1) is 12.6 Å². The van der Waals surface area contributed by atoms with E-state index in [2.05, 4.69) is 22.0 Å². The van der Waals surface area contributed by atoms with Crippen molar-refractivity contribution < 1.29 is 4.79 Å². The molecule has 0 aliphatic carbocycles. The van der Waals surface area contributed by atoms with Gasteiger partial charge in [0.2, 0.25) is 5.91 Å². The fourth-order valence-corrected chi connectivity index (χ4v) is 3.04. The zero-order chi connectivity index (χ0) is 15.9. The predicted molar refractivity (Wildman–Crippen MR) is 91.2 cm³/mol. The molecule has 22 heavy (non-hydrogen) atoms. The third-order valence-corrected chi connectivity index (χ3v) is 4.33. The number of piperazine rings is 1. The topological polar surface area (TPSA) is 35.6 Å². The normalized spacial score (nSPS) is 18.1. The molecular formula is C17H26ClN3O. The number of amides is 1. The van der Waals surface area contributed by atoms with Crippen LogP contribution >= 0.6 is 11.6 Å². The Bertz CT molecular complexity index is 487. The highest BCUT2D eigenvalue weighted by molar-refractivity contribution is 6.30. The molecule has 0 aromatic heterocycles. The summed E-state index contributed by atoms with van der Waals surface area (Å²) in [6, 6.07) is 7.62. The van der Waals surface area contributed by atoms with Crippen LogP contribution in [0.2, 0.25) is 5.02 Å². The van der Waals surface area contributed by atoms with Crippen LogP contribution in [0.15, 0.2) is 24.3 Å². The van der Waals surface area contributed by atoms with Crippen molar-refractivity contribution in [2.45, 2.75) is 26.3 Å². The third-order valence-electron chi connectivity index (χ3n) is 4.10. The minimum absolute atomic E-state index is 0.0208. The molecule has 1 N–H and O–H groups in total. The van der Waals surface area contributed by atoms with Gasteiger partial charge in [0.25, 0.3) is 0 Å². The number of halogens is 1. The maximum absolute atomic E-state index is 12.2. The average Bonchev–Trinajstić information content (AvgIpc) is 2.49. The molecule has 1 aromatic rings. The van der Waals surface area contributed by atoms with Gasteiger partial charge in [-0.2, -0.15) is 0 Å². The Kier molecular flexibility index (Phi) is 6.68. The highest BCUT2D eigenvalue weighted by atomic mass is 35.5. The predicted octanol–water partition coefficient (Wildman–Crippen LogP) is 2.54. The summed E-state index contributed by atoms with van der Waals surface area (Å²) in [5.41, 5.74) is 1.04. The van der Waals surface area contributed by atoms with Crippen LogP contribution in [-0.4, -0.2) is 55.0 Å². The molecule has 1 saturated heterocycles. The molecule has 122 valence electrons. The molecule has 1 aromatic carbocycles. The highest BCUT2D eigenvalue weighted by Gasteiger charge is 2.19. The minimum atomic E-state index is -0.0208. The summed E-state index contributed by atoms with van der Waals surface area (Å²) in [4.78, 5) is 16.9. The summed E-state index contributed by atoms with van der Waals surface area (Å²) >= 11 is 5.99. The number of carbonyl (C=O) groups excluding carboxylic acids is 1. The summed E-state index contributed by atoms with van der Waals surface area (Å²) in [5.74, 6) is 0.0800. The second-order valence-corrected chi connectivity index (χ2v) is 6.40. The number of benzene rings is 1. The van der Waals surface area contributed by atoms with E-state index in [0.717, 1.165) is 38.3 Å². The molecule has 1 heterocycles. The van der Waals surface area contributed by atoms with E-state index in [4.69, 9.17) is 11.6 Å². The van der Waals surface area contributed by atoms with Crippen molar-refractivity contribution in [3.63, 3.8) is 0 Å². The lowest BCUT2D eigenvalue weighted by Gasteiger charge is -2.34. The smallest absolute Gasteiger partial charge is 0.234 e. The number of hydrogen-bond donors (Lipinski definition) is 1. The quantitative estimate of drug-likeness (QED) is 0.874. The van der Waals surface area contributed by atoms with Gasteiger partial charge in [-0.15, -0.1) is 0 Å². The zero-order valence-corrected chi connectivity index (χ0v) is 14.3. The molecule has 1 fully saturated rings. The van der Waals surface area contributed by atoms with Gasteiger partial charge in [0, 0.05) is 31.2 Å². The Labute approximate surface area is 138 Å². The van der Waals surface area contributed by atoms with Gasteiger partial charge >= 0.3 is 0 Å². The Morgan fingerprint density at radius 2 is 1.95 bits per heavy atom. The molecule has 0 unspecified atom stereocenters. The second kappa shape index (κ2) is 8.51. The molecule has 0 saturated carbocycles. The van der Waals surface area contributed by atoms with Crippen LogP contribution in [-0.2, 0) is 4.79 Å². The van der Waals surface area contributed by atoms with Crippen LogP contribution in [0, 0.1) is 0 Å². The van der Waals surface area contributed by atoms with E-state index in [-0.39, 0.29) is 11.9 Å². The van der Waals surface area contributed by atoms with Crippen LogP contribution in [0.4, 0.5) is 0 Å². The molecule has 0 bridgehead atoms. The van der Waals surface area contributed by atoms with Crippen LogP contribution in [0.25, 0.3) is 0 Å². The summed E-state index contributed by atoms with van der Waals surface area (Å²) in [6.07, 6.45) is 1.19. The van der Waals surface area contributed by atoms with Crippen LogP contribution in [0.5, 0.6) is 0 Å². The number of hydrogen-bond acceptors (Lipinski definition) is 3. The minimum Gasteiger partial charge on any atom is -0.348 e. The first-order chi connectivity index (χ1) is 10.6. The summed E-state index contributed by atoms with van der Waals surface area (Å²) < 4.78 is 0. The SMILES string of the molecule is CCCN1CCN(CC(=O)N[C@@H](C)c2cccc(Cl)c2)CC1. The van der Waals surface area contributed by atoms with Crippen molar-refractivity contribution >= 4 is 17.5 Å². The van der Waals surface area contributed by atoms with E-state index in [0.29, 0.717) is 11.6 Å². The van der Waals surface area contributed by atoms with Crippen molar-refractivity contribution in [2.24, 2.45) is 0 Å². The first kappa shape index (κ1) is 17.3. The fourth-order valence-electron chi connectivity index (χ4n) is 2.84. The van der Waals surface area contributed by atoms with Gasteiger partial charge in [-0.1, -0.05) is 30.7 Å². The van der Waals surface area contributed by atoms with E-state index in [9.17, 15) is 4.79 Å². The fraction of sp³-hybridized carbons (Fsp3) is 0.588. The maximum atomic E-state index is 12.2. The van der Waals surface area contributed by atoms with E-state index >= 15 is 0 Å². The number of carbonyl (C=O) groups is 1. The number of nitrogens with zero attached hydrogens (tertiary/aromatic N) is 2. The van der Waals surface area contributed by atoms with Crippen LogP contribution < -0.4 is 5.32 Å². The van der Waals surface area contributed by atoms with Gasteiger partial charge in [0.15, 0.2) is 0 Å². The van der Waals surface area contributed by atoms with Crippen molar-refractivity contribution in [2.75, 3.05) is 39.3 Å². The van der Waals surface area contributed by atoms with Gasteiger partial charge < -0.3 is 10.2 Å². The van der Waals surface area contributed by atoms with Gasteiger partial charge in [0.1, 0.15) is 0 Å². The Balaban J connectivity index is 1.76. The molecule has 1 aliphatic rings. The van der Waals surface area contributed by atoms with Crippen molar-refractivity contribution in [1.29, 1.82) is 0 Å². The number of rotatable bonds is 6. The molecule has 2 rings (SSSR count). The Hall–Kier alpha value is -1.10. The molecule has 0 radical (unpaired) electrons. The summed E-state index contributed by atoms with van der Waals surface area (Å²) in [7, 11) is 0. The molecule has 1 aliphatic heterocycles. The van der Waals surface area contributed by atoms with Crippen molar-refractivity contribution in [3.05, 3.63) is 34.9 Å². The van der Waals surface area contributed by atoms with Gasteiger partial charge in [-0.05, 0) is 37.6 Å². The zero-order valence-electron chi connectivity index (χ0n) is 13.5. The monoisotopic (exact) mass is 323 g/mol. The Morgan fingerprint density at radius 3 is 2.59 bits per heavy atom. The molecule has 1 amide bonds. The molecule has 1 atom stereocenters. The van der Waals surface area contributed by atoms with Crippen LogP contribution in [0.3, 0.4) is 0 Å². The summed E-state index contributed by atoms with van der Waals surface area (Å²) in [6.45, 7) is 9.89. The van der Waals surface area contributed by atoms with Crippen molar-refractivity contribution in [1.82, 2.24) is 15.1 Å². The lowest BCUT2D eigenvalue weighted by atomic mass is 10.1. The van der Waals surface area contributed by atoms with E-state index in [1.165, 1.54) is 6.42 Å². The van der Waals surface area contributed by atoms with E-state index in [1.807, 2.05) is 31.2 Å². The number of nitrogens with one attached hydrogen (secondary N) is 1.